The summed E-state index contributed by atoms with van der Waals surface area (Å²) in [4.78, 5) is 19.9. The highest BCUT2D eigenvalue weighted by Gasteiger charge is 2.04. The van der Waals surface area contributed by atoms with Crippen LogP contribution < -0.4 is 5.48 Å². The second kappa shape index (κ2) is 5.00. The van der Waals surface area contributed by atoms with Crippen LogP contribution in [-0.4, -0.2) is 17.5 Å². The van der Waals surface area contributed by atoms with Crippen molar-refractivity contribution in [3.63, 3.8) is 0 Å². The van der Waals surface area contributed by atoms with Crippen molar-refractivity contribution < 1.29 is 9.63 Å². The van der Waals surface area contributed by atoms with Crippen LogP contribution >= 0.6 is 0 Å². The summed E-state index contributed by atoms with van der Waals surface area (Å²) >= 11 is 0. The Morgan fingerprint density at radius 3 is 3.07 bits per heavy atom. The van der Waals surface area contributed by atoms with Gasteiger partial charge in [0.1, 0.15) is 6.61 Å². The van der Waals surface area contributed by atoms with Crippen LogP contribution in [0.1, 0.15) is 16.1 Å². The summed E-state index contributed by atoms with van der Waals surface area (Å²) < 4.78 is 0. The monoisotopic (exact) mass is 190 g/mol. The van der Waals surface area contributed by atoms with Gasteiger partial charge >= 0.3 is 0 Å². The molecule has 0 saturated carbocycles. The van der Waals surface area contributed by atoms with E-state index in [1.165, 1.54) is 6.20 Å². The van der Waals surface area contributed by atoms with Gasteiger partial charge in [0.05, 0.1) is 5.56 Å². The third kappa shape index (κ3) is 2.88. The summed E-state index contributed by atoms with van der Waals surface area (Å²) in [5.41, 5.74) is 3.49. The van der Waals surface area contributed by atoms with Crippen molar-refractivity contribution in [2.75, 3.05) is 6.61 Å². The van der Waals surface area contributed by atoms with Crippen LogP contribution in [0.15, 0.2) is 18.3 Å². The van der Waals surface area contributed by atoms with Gasteiger partial charge in [0.25, 0.3) is 5.91 Å². The first-order chi connectivity index (χ1) is 6.74. The fraction of sp³-hybridized carbons (Fsp3) is 0.200. The number of terminal acetylenes is 1. The van der Waals surface area contributed by atoms with Crippen LogP contribution in [0.5, 0.6) is 0 Å². The molecule has 0 aromatic carbocycles. The molecule has 0 radical (unpaired) electrons. The Bertz CT molecular complexity index is 351. The summed E-state index contributed by atoms with van der Waals surface area (Å²) in [6, 6.07) is 3.41. The van der Waals surface area contributed by atoms with E-state index in [9.17, 15) is 4.79 Å². The van der Waals surface area contributed by atoms with Crippen molar-refractivity contribution in [2.45, 2.75) is 6.92 Å². The first-order valence-electron chi connectivity index (χ1n) is 4.02. The molecule has 0 aliphatic heterocycles. The van der Waals surface area contributed by atoms with E-state index in [1.54, 1.807) is 12.1 Å². The van der Waals surface area contributed by atoms with E-state index in [-0.39, 0.29) is 12.5 Å². The lowest BCUT2D eigenvalue weighted by molar-refractivity contribution is 0.0438. The lowest BCUT2D eigenvalue weighted by Crippen LogP contribution is -2.23. The van der Waals surface area contributed by atoms with Crippen molar-refractivity contribution in [2.24, 2.45) is 0 Å². The SMILES string of the molecule is C#CCONC(=O)c1ccc(C)nc1. The average molecular weight is 190 g/mol. The molecule has 0 spiro atoms. The lowest BCUT2D eigenvalue weighted by atomic mass is 10.2. The maximum absolute atomic E-state index is 11.3. The largest absolute Gasteiger partial charge is 0.276 e. The Kier molecular flexibility index (Phi) is 3.65. The van der Waals surface area contributed by atoms with Crippen LogP contribution in [-0.2, 0) is 4.84 Å². The van der Waals surface area contributed by atoms with Gasteiger partial charge in [-0.05, 0) is 19.1 Å². The van der Waals surface area contributed by atoms with E-state index >= 15 is 0 Å². The minimum atomic E-state index is -0.354. The maximum atomic E-state index is 11.3. The Labute approximate surface area is 82.3 Å². The third-order valence-corrected chi connectivity index (χ3v) is 1.49. The molecular formula is C10H10N2O2. The number of aromatic nitrogens is 1. The number of nitrogens with zero attached hydrogens (tertiary/aromatic N) is 1. The number of pyridine rings is 1. The Balaban J connectivity index is 2.53. The number of hydroxylamine groups is 1. The van der Waals surface area contributed by atoms with E-state index in [2.05, 4.69) is 21.2 Å². The number of rotatable bonds is 3. The molecule has 14 heavy (non-hydrogen) atoms. The number of carbonyl (C=O) groups is 1. The highest BCUT2D eigenvalue weighted by molar-refractivity contribution is 5.93. The van der Waals surface area contributed by atoms with Gasteiger partial charge in [0.2, 0.25) is 0 Å². The smallest absolute Gasteiger partial charge is 0.267 e. The van der Waals surface area contributed by atoms with E-state index in [1.807, 2.05) is 6.92 Å². The van der Waals surface area contributed by atoms with Gasteiger partial charge in [-0.25, -0.2) is 5.48 Å². The second-order valence-electron chi connectivity index (χ2n) is 2.61. The third-order valence-electron chi connectivity index (χ3n) is 1.49. The summed E-state index contributed by atoms with van der Waals surface area (Å²) in [6.07, 6.45) is 6.41. The molecular weight excluding hydrogens is 180 g/mol. The molecule has 0 aliphatic carbocycles. The van der Waals surface area contributed by atoms with Crippen LogP contribution in [0.3, 0.4) is 0 Å². The normalized spacial score (nSPS) is 9.14. The molecule has 72 valence electrons. The van der Waals surface area contributed by atoms with Gasteiger partial charge in [-0.1, -0.05) is 5.92 Å². The molecule has 1 N–H and O–H groups in total. The summed E-state index contributed by atoms with van der Waals surface area (Å²) in [5, 5.41) is 0. The topological polar surface area (TPSA) is 51.2 Å². The first kappa shape index (κ1) is 10.2. The Morgan fingerprint density at radius 1 is 1.71 bits per heavy atom. The van der Waals surface area contributed by atoms with E-state index < -0.39 is 0 Å². The van der Waals surface area contributed by atoms with Crippen molar-refractivity contribution in [1.82, 2.24) is 10.5 Å². The van der Waals surface area contributed by atoms with Gasteiger partial charge in [-0.2, -0.15) is 0 Å². The predicted octanol–water partition coefficient (Wildman–Crippen LogP) is 0.685. The molecule has 1 rings (SSSR count). The standard InChI is InChI=1S/C10H10N2O2/c1-3-6-14-12-10(13)9-5-4-8(2)11-7-9/h1,4-5,7H,6H2,2H3,(H,12,13). The first-order valence-corrected chi connectivity index (χ1v) is 4.02. The van der Waals surface area contributed by atoms with Crippen LogP contribution in [0.2, 0.25) is 0 Å². The highest BCUT2D eigenvalue weighted by Crippen LogP contribution is 1.98. The van der Waals surface area contributed by atoms with E-state index in [4.69, 9.17) is 6.42 Å². The number of hydrogen-bond donors (Lipinski definition) is 1. The fourth-order valence-electron chi connectivity index (χ4n) is 0.804. The van der Waals surface area contributed by atoms with Gasteiger partial charge in [0, 0.05) is 11.9 Å². The Hall–Kier alpha value is -1.86. The zero-order chi connectivity index (χ0) is 10.4. The molecule has 0 atom stereocenters. The summed E-state index contributed by atoms with van der Waals surface area (Å²) in [6.45, 7) is 1.89. The number of aryl methyl sites for hydroxylation is 1. The van der Waals surface area contributed by atoms with Crippen LogP contribution in [0.4, 0.5) is 0 Å². The van der Waals surface area contributed by atoms with Gasteiger partial charge in [0.15, 0.2) is 0 Å². The molecule has 0 saturated heterocycles. The van der Waals surface area contributed by atoms with Crippen molar-refractivity contribution >= 4 is 5.91 Å². The second-order valence-corrected chi connectivity index (χ2v) is 2.61. The average Bonchev–Trinajstić information content (AvgIpc) is 2.19. The number of nitrogens with one attached hydrogen (secondary N) is 1. The fourth-order valence-corrected chi connectivity index (χ4v) is 0.804. The minimum absolute atomic E-state index is 0.0467. The molecule has 1 amide bonds. The van der Waals surface area contributed by atoms with E-state index in [0.29, 0.717) is 5.56 Å². The van der Waals surface area contributed by atoms with Crippen molar-refractivity contribution in [3.05, 3.63) is 29.6 Å². The van der Waals surface area contributed by atoms with Gasteiger partial charge < -0.3 is 0 Å². The quantitative estimate of drug-likeness (QED) is 0.433. The number of amides is 1. The molecule has 1 heterocycles. The molecule has 0 fully saturated rings. The van der Waals surface area contributed by atoms with Gasteiger partial charge in [-0.3, -0.25) is 14.6 Å². The highest BCUT2D eigenvalue weighted by atomic mass is 16.6. The number of hydrogen-bond acceptors (Lipinski definition) is 3. The molecule has 4 heteroatoms. The van der Waals surface area contributed by atoms with E-state index in [0.717, 1.165) is 5.69 Å². The van der Waals surface area contributed by atoms with Gasteiger partial charge in [-0.15, -0.1) is 6.42 Å². The molecule has 0 bridgehead atoms. The summed E-state index contributed by atoms with van der Waals surface area (Å²) in [5.74, 6) is 1.88. The molecule has 4 nitrogen and oxygen atoms in total. The van der Waals surface area contributed by atoms with Crippen molar-refractivity contribution in [1.29, 1.82) is 0 Å². The minimum Gasteiger partial charge on any atom is -0.267 e. The molecule has 0 unspecified atom stereocenters. The molecule has 1 aromatic heterocycles. The maximum Gasteiger partial charge on any atom is 0.276 e. The zero-order valence-corrected chi connectivity index (χ0v) is 7.78. The molecule has 1 aromatic rings. The summed E-state index contributed by atoms with van der Waals surface area (Å²) in [7, 11) is 0. The Morgan fingerprint density at radius 2 is 2.50 bits per heavy atom. The lowest BCUT2D eigenvalue weighted by Gasteiger charge is -2.02. The predicted molar refractivity (Wildman–Crippen MR) is 51.2 cm³/mol. The van der Waals surface area contributed by atoms with Crippen molar-refractivity contribution in [3.8, 4) is 12.3 Å². The van der Waals surface area contributed by atoms with Crippen LogP contribution in [0, 0.1) is 19.3 Å². The zero-order valence-electron chi connectivity index (χ0n) is 7.78. The molecule has 0 aliphatic rings. The van der Waals surface area contributed by atoms with Crippen LogP contribution in [0.25, 0.3) is 0 Å². The number of carbonyl (C=O) groups excluding carboxylic acids is 1.